The van der Waals surface area contributed by atoms with Crippen LogP contribution in [-0.4, -0.2) is 50.0 Å². The summed E-state index contributed by atoms with van der Waals surface area (Å²) in [5, 5.41) is 4.20. The van der Waals surface area contributed by atoms with Crippen LogP contribution in [0.25, 0.3) is 0 Å². The number of oxime groups is 1. The fourth-order valence-corrected chi connectivity index (χ4v) is 5.19. The van der Waals surface area contributed by atoms with Gasteiger partial charge in [-0.1, -0.05) is 23.4 Å². The summed E-state index contributed by atoms with van der Waals surface area (Å²) in [5.41, 5.74) is 1.06. The third-order valence-corrected chi connectivity index (χ3v) is 8.02. The van der Waals surface area contributed by atoms with E-state index in [1.165, 1.54) is 0 Å². The highest BCUT2D eigenvalue weighted by atomic mass is 32.2. The van der Waals surface area contributed by atoms with Crippen LogP contribution < -0.4 is 0 Å². The molecular weight excluding hydrogens is 360 g/mol. The molecule has 1 heterocycles. The fraction of sp³-hybridized carbons (Fsp3) is 0.667. The van der Waals surface area contributed by atoms with Crippen molar-refractivity contribution in [2.45, 2.75) is 63.0 Å². The first-order valence-corrected chi connectivity index (χ1v) is 11.4. The predicted octanol–water partition coefficient (Wildman–Crippen LogP) is 4.14. The summed E-state index contributed by atoms with van der Waals surface area (Å²) in [4.78, 5) is 8.04. The van der Waals surface area contributed by atoms with E-state index in [9.17, 15) is 8.42 Å². The molecule has 5 nitrogen and oxygen atoms in total. The second kappa shape index (κ2) is 9.69. The van der Waals surface area contributed by atoms with E-state index in [1.807, 2.05) is 33.8 Å². The van der Waals surface area contributed by atoms with E-state index in [0.717, 1.165) is 44.6 Å². The number of nitrogens with zero attached hydrogens (tertiary/aromatic N) is 2. The van der Waals surface area contributed by atoms with Gasteiger partial charge < -0.3 is 9.74 Å². The van der Waals surface area contributed by atoms with Gasteiger partial charge in [-0.3, -0.25) is 0 Å². The molecule has 0 bridgehead atoms. The van der Waals surface area contributed by atoms with E-state index < -0.39 is 14.6 Å². The molecule has 0 N–H and O–H groups in total. The summed E-state index contributed by atoms with van der Waals surface area (Å²) in [6.45, 7) is 11.2. The van der Waals surface area contributed by atoms with E-state index >= 15 is 0 Å². The number of piperidine rings is 1. The summed E-state index contributed by atoms with van der Waals surface area (Å²) in [5.74, 6) is 0.436. The minimum atomic E-state index is -3.33. The largest absolute Gasteiger partial charge is 0.396 e. The normalized spacial score (nSPS) is 19.9. The van der Waals surface area contributed by atoms with Gasteiger partial charge in [0.15, 0.2) is 9.84 Å². The third kappa shape index (κ3) is 5.79. The Balaban J connectivity index is 1.89. The summed E-state index contributed by atoms with van der Waals surface area (Å²) >= 11 is 0. The number of likely N-dealkylation sites (tertiary alicyclic amines) is 1. The van der Waals surface area contributed by atoms with Crippen LogP contribution in [0, 0.1) is 5.92 Å². The monoisotopic (exact) mass is 394 g/mol. The zero-order valence-corrected chi connectivity index (χ0v) is 18.0. The highest BCUT2D eigenvalue weighted by Crippen LogP contribution is 2.30. The van der Waals surface area contributed by atoms with Gasteiger partial charge in [0.25, 0.3) is 0 Å². The van der Waals surface area contributed by atoms with Gasteiger partial charge in [-0.15, -0.1) is 0 Å². The molecule has 1 aliphatic rings. The van der Waals surface area contributed by atoms with Crippen molar-refractivity contribution < 1.29 is 13.3 Å². The highest BCUT2D eigenvalue weighted by Gasteiger charge is 2.35. The zero-order valence-electron chi connectivity index (χ0n) is 17.1. The molecule has 0 radical (unpaired) electrons. The topological polar surface area (TPSA) is 59.0 Å². The number of hydrogen-bond donors (Lipinski definition) is 0. The molecule has 2 rings (SSSR count). The minimum Gasteiger partial charge on any atom is -0.396 e. The highest BCUT2D eigenvalue weighted by molar-refractivity contribution is 7.92. The summed E-state index contributed by atoms with van der Waals surface area (Å²) in [7, 11) is -3.33. The number of rotatable bonds is 9. The SMILES string of the molecule is CCO/N=C(/C)C1CCCN(CCCC(C)(C)S(=O)(=O)c2ccccc2)C1. The van der Waals surface area contributed by atoms with Gasteiger partial charge in [-0.05, 0) is 78.6 Å². The van der Waals surface area contributed by atoms with Gasteiger partial charge in [0.1, 0.15) is 6.61 Å². The lowest BCUT2D eigenvalue weighted by Gasteiger charge is -2.33. The molecular formula is C21H34N2O3S. The molecule has 0 spiro atoms. The van der Waals surface area contributed by atoms with Crippen molar-refractivity contribution in [2.24, 2.45) is 11.1 Å². The standard InChI is InChI=1S/C21H34N2O3S/c1-5-26-22-18(2)19-11-9-15-23(17-19)16-10-14-21(3,4)27(24,25)20-12-7-6-8-13-20/h6-8,12-13,19H,5,9-11,14-17H2,1-4H3/b22-18-. The van der Waals surface area contributed by atoms with Gasteiger partial charge >= 0.3 is 0 Å². The second-order valence-corrected chi connectivity index (χ2v) is 10.6. The van der Waals surface area contributed by atoms with Crippen molar-refractivity contribution in [3.63, 3.8) is 0 Å². The lowest BCUT2D eigenvalue weighted by atomic mass is 9.93. The minimum absolute atomic E-state index is 0.413. The average Bonchev–Trinajstić information content (AvgIpc) is 2.66. The lowest BCUT2D eigenvalue weighted by molar-refractivity contribution is 0.151. The zero-order chi connectivity index (χ0) is 19.9. The third-order valence-electron chi connectivity index (χ3n) is 5.47. The Morgan fingerprint density at radius 2 is 2.00 bits per heavy atom. The Morgan fingerprint density at radius 3 is 2.67 bits per heavy atom. The molecule has 0 aromatic heterocycles. The molecule has 1 aromatic carbocycles. The quantitative estimate of drug-likeness (QED) is 0.466. The summed E-state index contributed by atoms with van der Waals surface area (Å²) in [6.07, 6.45) is 3.81. The van der Waals surface area contributed by atoms with Crippen LogP contribution in [0.2, 0.25) is 0 Å². The van der Waals surface area contributed by atoms with E-state index in [0.29, 0.717) is 23.8 Å². The van der Waals surface area contributed by atoms with Crippen LogP contribution in [0.1, 0.15) is 53.4 Å². The molecule has 6 heteroatoms. The van der Waals surface area contributed by atoms with E-state index in [4.69, 9.17) is 4.84 Å². The summed E-state index contributed by atoms with van der Waals surface area (Å²) < 4.78 is 25.1. The van der Waals surface area contributed by atoms with Crippen LogP contribution in [0.3, 0.4) is 0 Å². The molecule has 1 aliphatic heterocycles. The van der Waals surface area contributed by atoms with Gasteiger partial charge in [-0.25, -0.2) is 8.42 Å². The average molecular weight is 395 g/mol. The molecule has 0 amide bonds. The van der Waals surface area contributed by atoms with Crippen LogP contribution in [-0.2, 0) is 14.7 Å². The van der Waals surface area contributed by atoms with E-state index in [2.05, 4.69) is 10.1 Å². The predicted molar refractivity (Wildman–Crippen MR) is 111 cm³/mol. The maximum Gasteiger partial charge on any atom is 0.183 e. The molecule has 0 aliphatic carbocycles. The van der Waals surface area contributed by atoms with Crippen LogP contribution in [0.4, 0.5) is 0 Å². The lowest BCUT2D eigenvalue weighted by Crippen LogP contribution is -2.39. The van der Waals surface area contributed by atoms with Gasteiger partial charge in [0, 0.05) is 12.5 Å². The first-order chi connectivity index (χ1) is 12.8. The van der Waals surface area contributed by atoms with E-state index in [-0.39, 0.29) is 0 Å². The van der Waals surface area contributed by atoms with E-state index in [1.54, 1.807) is 24.3 Å². The maximum atomic E-state index is 12.9. The molecule has 1 saturated heterocycles. The Morgan fingerprint density at radius 1 is 1.30 bits per heavy atom. The van der Waals surface area contributed by atoms with Crippen LogP contribution in [0.5, 0.6) is 0 Å². The molecule has 27 heavy (non-hydrogen) atoms. The first-order valence-electron chi connectivity index (χ1n) is 9.96. The maximum absolute atomic E-state index is 12.9. The summed E-state index contributed by atoms with van der Waals surface area (Å²) in [6, 6.07) is 8.78. The first kappa shape index (κ1) is 21.9. The van der Waals surface area contributed by atoms with Crippen LogP contribution in [0.15, 0.2) is 40.4 Å². The number of benzene rings is 1. The Labute approximate surface area is 164 Å². The molecule has 0 saturated carbocycles. The van der Waals surface area contributed by atoms with Crippen molar-refractivity contribution in [1.29, 1.82) is 0 Å². The Hall–Kier alpha value is -1.40. The second-order valence-electron chi connectivity index (χ2n) is 7.97. The van der Waals surface area contributed by atoms with Crippen LogP contribution >= 0.6 is 0 Å². The van der Waals surface area contributed by atoms with Crippen molar-refractivity contribution in [3.8, 4) is 0 Å². The van der Waals surface area contributed by atoms with Crippen molar-refractivity contribution >= 4 is 15.5 Å². The van der Waals surface area contributed by atoms with Gasteiger partial charge in [-0.2, -0.15) is 0 Å². The van der Waals surface area contributed by atoms with Crippen molar-refractivity contribution in [1.82, 2.24) is 4.90 Å². The molecule has 1 atom stereocenters. The van der Waals surface area contributed by atoms with Crippen molar-refractivity contribution in [2.75, 3.05) is 26.2 Å². The Bertz CT molecular complexity index is 714. The molecule has 1 unspecified atom stereocenters. The number of sulfone groups is 1. The Kier molecular flexibility index (Phi) is 7.86. The molecule has 152 valence electrons. The smallest absolute Gasteiger partial charge is 0.183 e. The van der Waals surface area contributed by atoms with Crippen molar-refractivity contribution in [3.05, 3.63) is 30.3 Å². The fourth-order valence-electron chi connectivity index (χ4n) is 3.62. The van der Waals surface area contributed by atoms with Gasteiger partial charge in [0.2, 0.25) is 0 Å². The molecule has 1 aromatic rings. The molecule has 1 fully saturated rings. The number of hydrogen-bond acceptors (Lipinski definition) is 5. The van der Waals surface area contributed by atoms with Gasteiger partial charge in [0.05, 0.1) is 15.4 Å².